The van der Waals surface area contributed by atoms with Crippen LogP contribution in [0.15, 0.2) is 45.7 Å². The summed E-state index contributed by atoms with van der Waals surface area (Å²) in [6, 6.07) is 8.76. The maximum atomic E-state index is 12.5. The zero-order valence-electron chi connectivity index (χ0n) is 11.3. The number of anilines is 1. The molecule has 1 aromatic carbocycles. The van der Waals surface area contributed by atoms with Gasteiger partial charge < -0.3 is 9.52 Å². The number of hydrogen-bond donors (Lipinski definition) is 1. The van der Waals surface area contributed by atoms with Gasteiger partial charge in [-0.2, -0.15) is 0 Å². The number of nitrogens with zero attached hydrogens (tertiary/aromatic N) is 2. The molecule has 1 N–H and O–H groups in total. The fourth-order valence-electron chi connectivity index (χ4n) is 1.97. The Morgan fingerprint density at radius 1 is 1.35 bits per heavy atom. The molecule has 0 unspecified atom stereocenters. The van der Waals surface area contributed by atoms with E-state index in [0.717, 1.165) is 11.8 Å². The van der Waals surface area contributed by atoms with Gasteiger partial charge in [-0.3, -0.25) is 19.8 Å². The molecule has 7 nitrogen and oxygen atoms in total. The van der Waals surface area contributed by atoms with Crippen LogP contribution in [0.1, 0.15) is 5.76 Å². The minimum absolute atomic E-state index is 0.0159. The summed E-state index contributed by atoms with van der Waals surface area (Å²) < 4.78 is 5.31. The quantitative estimate of drug-likeness (QED) is 0.393. The van der Waals surface area contributed by atoms with Crippen LogP contribution in [0.3, 0.4) is 0 Å². The maximum absolute atomic E-state index is 12.5. The molecule has 0 atom stereocenters. The van der Waals surface area contributed by atoms with Gasteiger partial charge in [-0.1, -0.05) is 30.0 Å². The van der Waals surface area contributed by atoms with Crippen LogP contribution in [-0.4, -0.2) is 20.3 Å². The highest BCUT2D eigenvalue weighted by atomic mass is 32.2. The van der Waals surface area contributed by atoms with Gasteiger partial charge in [0.15, 0.2) is 4.32 Å². The van der Waals surface area contributed by atoms with Gasteiger partial charge >= 0.3 is 5.88 Å². The first-order chi connectivity index (χ1) is 11.0. The third-order valence-electron chi connectivity index (χ3n) is 2.95. The highest BCUT2D eigenvalue weighted by Crippen LogP contribution is 2.37. The van der Waals surface area contributed by atoms with Gasteiger partial charge in [0.1, 0.15) is 16.4 Å². The Morgan fingerprint density at radius 3 is 2.78 bits per heavy atom. The summed E-state index contributed by atoms with van der Waals surface area (Å²) in [6.45, 7) is 0. The molecule has 116 valence electrons. The second-order valence-electron chi connectivity index (χ2n) is 4.47. The van der Waals surface area contributed by atoms with E-state index in [9.17, 15) is 20.0 Å². The molecule has 23 heavy (non-hydrogen) atoms. The van der Waals surface area contributed by atoms with Crippen molar-refractivity contribution >= 4 is 51.9 Å². The van der Waals surface area contributed by atoms with Crippen LogP contribution in [0.25, 0.3) is 6.08 Å². The smallest absolute Gasteiger partial charge is 0.433 e. The fraction of sp³-hybridized carbons (Fsp3) is 0. The van der Waals surface area contributed by atoms with Crippen molar-refractivity contribution in [2.75, 3.05) is 4.90 Å². The molecule has 1 aliphatic heterocycles. The zero-order valence-corrected chi connectivity index (χ0v) is 13.0. The van der Waals surface area contributed by atoms with Gasteiger partial charge in [0, 0.05) is 12.1 Å². The highest BCUT2D eigenvalue weighted by molar-refractivity contribution is 8.27. The molecule has 0 spiro atoms. The Labute approximate surface area is 139 Å². The lowest BCUT2D eigenvalue weighted by Crippen LogP contribution is -2.27. The molecule has 2 aromatic rings. The molecule has 1 fully saturated rings. The normalized spacial score (nSPS) is 16.3. The van der Waals surface area contributed by atoms with Crippen LogP contribution in [0, 0.1) is 10.1 Å². The SMILES string of the molecule is O=C1/C(=C/c2ccc([N+](=O)[O-])o2)SC(=S)N1c1cccc(O)c1. The Bertz CT molecular complexity index is 858. The van der Waals surface area contributed by atoms with Gasteiger partial charge in [-0.25, -0.2) is 0 Å². The Morgan fingerprint density at radius 2 is 2.13 bits per heavy atom. The van der Waals surface area contributed by atoms with Gasteiger partial charge in [0.05, 0.1) is 16.7 Å². The Kier molecular flexibility index (Phi) is 3.89. The number of carbonyl (C=O) groups excluding carboxylic acids is 1. The Balaban J connectivity index is 1.91. The van der Waals surface area contributed by atoms with Crippen molar-refractivity contribution in [3.05, 3.63) is 57.2 Å². The van der Waals surface area contributed by atoms with E-state index in [1.807, 2.05) is 0 Å². The molecular formula is C14H8N2O5S2. The monoisotopic (exact) mass is 348 g/mol. The van der Waals surface area contributed by atoms with Crippen LogP contribution in [-0.2, 0) is 4.79 Å². The van der Waals surface area contributed by atoms with Crippen LogP contribution < -0.4 is 4.90 Å². The number of benzene rings is 1. The van der Waals surface area contributed by atoms with Gasteiger partial charge in [-0.05, 0) is 18.2 Å². The number of phenols is 1. The standard InChI is InChI=1S/C14H8N2O5S2/c17-9-3-1-2-8(6-9)15-13(18)11(23-14(15)22)7-10-4-5-12(21-10)16(19)20/h1-7,17H/b11-7-. The van der Waals surface area contributed by atoms with E-state index >= 15 is 0 Å². The summed E-state index contributed by atoms with van der Waals surface area (Å²) in [7, 11) is 0. The summed E-state index contributed by atoms with van der Waals surface area (Å²) in [5.41, 5.74) is 0.446. The number of rotatable bonds is 3. The lowest BCUT2D eigenvalue weighted by Gasteiger charge is -2.14. The highest BCUT2D eigenvalue weighted by Gasteiger charge is 2.33. The number of amides is 1. The molecule has 1 aromatic heterocycles. The van der Waals surface area contributed by atoms with E-state index in [-0.39, 0.29) is 22.3 Å². The molecule has 0 saturated carbocycles. The van der Waals surface area contributed by atoms with Gasteiger partial charge in [-0.15, -0.1) is 0 Å². The van der Waals surface area contributed by atoms with Crippen molar-refractivity contribution in [1.29, 1.82) is 0 Å². The Hall–Kier alpha value is -2.65. The number of thioether (sulfide) groups is 1. The van der Waals surface area contributed by atoms with E-state index in [1.165, 1.54) is 35.2 Å². The number of furan rings is 1. The molecule has 0 aliphatic carbocycles. The topological polar surface area (TPSA) is 96.8 Å². The first-order valence-corrected chi connectivity index (χ1v) is 7.49. The van der Waals surface area contributed by atoms with Crippen molar-refractivity contribution in [2.24, 2.45) is 0 Å². The summed E-state index contributed by atoms with van der Waals surface area (Å²) in [6.07, 6.45) is 1.40. The number of carbonyl (C=O) groups is 1. The molecule has 2 heterocycles. The minimum Gasteiger partial charge on any atom is -0.508 e. The molecule has 1 aliphatic rings. The molecule has 1 amide bonds. The molecule has 1 saturated heterocycles. The minimum atomic E-state index is -0.657. The van der Waals surface area contributed by atoms with Crippen LogP contribution in [0.5, 0.6) is 5.75 Å². The van der Waals surface area contributed by atoms with Crippen molar-refractivity contribution in [1.82, 2.24) is 0 Å². The molecule has 9 heteroatoms. The molecule has 0 radical (unpaired) electrons. The van der Waals surface area contributed by atoms with E-state index in [0.29, 0.717) is 10.0 Å². The summed E-state index contributed by atoms with van der Waals surface area (Å²) in [5.74, 6) is -0.584. The fourth-order valence-corrected chi connectivity index (χ4v) is 3.25. The number of nitro groups is 1. The van der Waals surface area contributed by atoms with Crippen molar-refractivity contribution in [3.8, 4) is 5.75 Å². The van der Waals surface area contributed by atoms with Crippen molar-refractivity contribution < 1.29 is 19.2 Å². The van der Waals surface area contributed by atoms with Crippen LogP contribution in [0.4, 0.5) is 11.6 Å². The summed E-state index contributed by atoms with van der Waals surface area (Å²) in [4.78, 5) is 24.0. The van der Waals surface area contributed by atoms with Crippen molar-refractivity contribution in [2.45, 2.75) is 0 Å². The van der Waals surface area contributed by atoms with E-state index in [1.54, 1.807) is 12.1 Å². The maximum Gasteiger partial charge on any atom is 0.433 e. The first kappa shape index (κ1) is 15.3. The van der Waals surface area contributed by atoms with E-state index in [4.69, 9.17) is 16.6 Å². The van der Waals surface area contributed by atoms with Crippen LogP contribution >= 0.6 is 24.0 Å². The molecular weight excluding hydrogens is 340 g/mol. The average molecular weight is 348 g/mol. The molecule has 3 rings (SSSR count). The molecule has 0 bridgehead atoms. The number of hydrogen-bond acceptors (Lipinski definition) is 7. The average Bonchev–Trinajstić information content (AvgIpc) is 3.05. The predicted molar refractivity (Wildman–Crippen MR) is 89.1 cm³/mol. The summed E-state index contributed by atoms with van der Waals surface area (Å²) >= 11 is 6.24. The van der Waals surface area contributed by atoms with Gasteiger partial charge in [0.2, 0.25) is 0 Å². The van der Waals surface area contributed by atoms with Gasteiger partial charge in [0.25, 0.3) is 5.91 Å². The zero-order chi connectivity index (χ0) is 16.6. The third kappa shape index (κ3) is 2.96. The van der Waals surface area contributed by atoms with Crippen LogP contribution in [0.2, 0.25) is 0 Å². The second kappa shape index (κ2) is 5.86. The predicted octanol–water partition coefficient (Wildman–Crippen LogP) is 3.30. The van der Waals surface area contributed by atoms with E-state index < -0.39 is 10.8 Å². The summed E-state index contributed by atoms with van der Waals surface area (Å²) in [5, 5.41) is 20.1. The lowest BCUT2D eigenvalue weighted by atomic mass is 10.2. The number of thiocarbonyl (C=S) groups is 1. The second-order valence-corrected chi connectivity index (χ2v) is 6.15. The first-order valence-electron chi connectivity index (χ1n) is 6.27. The van der Waals surface area contributed by atoms with E-state index in [2.05, 4.69) is 0 Å². The number of aromatic hydroxyl groups is 1. The van der Waals surface area contributed by atoms with Crippen molar-refractivity contribution in [3.63, 3.8) is 0 Å². The largest absolute Gasteiger partial charge is 0.508 e. The third-order valence-corrected chi connectivity index (χ3v) is 4.25. The number of phenolic OH excluding ortho intramolecular Hbond substituents is 1. The lowest BCUT2D eigenvalue weighted by molar-refractivity contribution is -0.402.